The zero-order valence-electron chi connectivity index (χ0n) is 8.22. The summed E-state index contributed by atoms with van der Waals surface area (Å²) in [6, 6.07) is 6.74. The van der Waals surface area contributed by atoms with Crippen LogP contribution in [-0.2, 0) is 19.3 Å². The number of rotatable bonds is 2. The molecule has 13 heavy (non-hydrogen) atoms. The summed E-state index contributed by atoms with van der Waals surface area (Å²) in [6.45, 7) is 2.25. The van der Waals surface area contributed by atoms with E-state index in [-0.39, 0.29) is 0 Å². The smallest absolute Gasteiger partial charge is 0.00918 e. The van der Waals surface area contributed by atoms with Crippen molar-refractivity contribution in [1.82, 2.24) is 0 Å². The highest BCUT2D eigenvalue weighted by Crippen LogP contribution is 2.21. The highest BCUT2D eigenvalue weighted by atomic mass is 14.1. The Labute approximate surface area is 80.3 Å². The number of benzene rings is 1. The fraction of sp³-hybridized carbons (Fsp3) is 0.385. The van der Waals surface area contributed by atoms with Gasteiger partial charge in [-0.25, -0.2) is 0 Å². The molecule has 0 saturated carbocycles. The highest BCUT2D eigenvalue weighted by molar-refractivity contribution is 5.40. The van der Waals surface area contributed by atoms with E-state index in [0.29, 0.717) is 0 Å². The molecular formula is C13H16. The Morgan fingerprint density at radius 3 is 2.85 bits per heavy atom. The zero-order chi connectivity index (χ0) is 9.10. The van der Waals surface area contributed by atoms with Crippen LogP contribution >= 0.6 is 0 Å². The molecule has 0 saturated heterocycles. The topological polar surface area (TPSA) is 0 Å². The van der Waals surface area contributed by atoms with Gasteiger partial charge in [-0.15, -0.1) is 0 Å². The molecule has 1 aromatic carbocycles. The highest BCUT2D eigenvalue weighted by Gasteiger charge is 2.07. The molecular weight excluding hydrogens is 156 g/mol. The van der Waals surface area contributed by atoms with Gasteiger partial charge in [-0.1, -0.05) is 43.7 Å². The van der Waals surface area contributed by atoms with Crippen LogP contribution in [-0.4, -0.2) is 0 Å². The molecule has 2 rings (SSSR count). The van der Waals surface area contributed by atoms with Crippen molar-refractivity contribution in [1.29, 1.82) is 0 Å². The lowest BCUT2D eigenvalue weighted by Gasteiger charge is -2.15. The third-order valence-electron chi connectivity index (χ3n) is 2.72. The van der Waals surface area contributed by atoms with Gasteiger partial charge in [0.1, 0.15) is 0 Å². The lowest BCUT2D eigenvalue weighted by molar-refractivity contribution is 0.895. The molecule has 0 atom stereocenters. The van der Waals surface area contributed by atoms with E-state index >= 15 is 0 Å². The minimum Gasteiger partial charge on any atom is -0.0838 e. The van der Waals surface area contributed by atoms with Crippen molar-refractivity contribution in [3.8, 4) is 0 Å². The van der Waals surface area contributed by atoms with Gasteiger partial charge in [-0.05, 0) is 36.0 Å². The molecule has 0 aromatic heterocycles. The standard InChI is InChI=1S/C13H16/c1-2-6-11-8-5-9-12-7-3-4-10-13(11)12/h3-5,8-9H,2,6-7,10H2,1H3. The second-order valence-corrected chi connectivity index (χ2v) is 3.68. The summed E-state index contributed by atoms with van der Waals surface area (Å²) in [4.78, 5) is 0. The van der Waals surface area contributed by atoms with E-state index in [2.05, 4.69) is 37.3 Å². The molecule has 0 heterocycles. The van der Waals surface area contributed by atoms with E-state index in [1.54, 1.807) is 11.1 Å². The summed E-state index contributed by atoms with van der Waals surface area (Å²) < 4.78 is 0. The van der Waals surface area contributed by atoms with Gasteiger partial charge in [0.15, 0.2) is 0 Å². The first-order chi connectivity index (χ1) is 6.42. The summed E-state index contributed by atoms with van der Waals surface area (Å²) in [5.74, 6) is 0. The summed E-state index contributed by atoms with van der Waals surface area (Å²) in [6.07, 6.45) is 9.33. The molecule has 1 aromatic rings. The molecule has 0 spiro atoms. The minimum atomic E-state index is 1.13. The molecule has 0 radical (unpaired) electrons. The van der Waals surface area contributed by atoms with Crippen LogP contribution in [0.15, 0.2) is 30.4 Å². The molecule has 0 N–H and O–H groups in total. The van der Waals surface area contributed by atoms with Crippen molar-refractivity contribution in [3.63, 3.8) is 0 Å². The average molecular weight is 172 g/mol. The molecule has 0 amide bonds. The Morgan fingerprint density at radius 1 is 1.15 bits per heavy atom. The van der Waals surface area contributed by atoms with Gasteiger partial charge in [0.2, 0.25) is 0 Å². The van der Waals surface area contributed by atoms with Gasteiger partial charge in [0, 0.05) is 0 Å². The average Bonchev–Trinajstić information content (AvgIpc) is 2.19. The Kier molecular flexibility index (Phi) is 2.49. The second kappa shape index (κ2) is 3.78. The van der Waals surface area contributed by atoms with Gasteiger partial charge in [0.25, 0.3) is 0 Å². The van der Waals surface area contributed by atoms with Crippen molar-refractivity contribution in [3.05, 3.63) is 47.0 Å². The van der Waals surface area contributed by atoms with Gasteiger partial charge in [0.05, 0.1) is 0 Å². The normalized spacial score (nSPS) is 14.2. The number of aryl methyl sites for hydroxylation is 1. The Hall–Kier alpha value is -1.04. The number of hydrogen-bond acceptors (Lipinski definition) is 0. The fourth-order valence-corrected chi connectivity index (χ4v) is 2.06. The summed E-state index contributed by atoms with van der Waals surface area (Å²) in [5.41, 5.74) is 4.68. The van der Waals surface area contributed by atoms with Crippen LogP contribution in [0.5, 0.6) is 0 Å². The van der Waals surface area contributed by atoms with Crippen molar-refractivity contribution < 1.29 is 0 Å². The van der Waals surface area contributed by atoms with Crippen molar-refractivity contribution in [2.45, 2.75) is 32.6 Å². The maximum absolute atomic E-state index is 2.29. The summed E-state index contributed by atoms with van der Waals surface area (Å²) in [7, 11) is 0. The Morgan fingerprint density at radius 2 is 2.00 bits per heavy atom. The number of fused-ring (bicyclic) bond motifs is 1. The molecule has 0 aliphatic heterocycles. The van der Waals surface area contributed by atoms with E-state index in [1.165, 1.54) is 18.4 Å². The third-order valence-corrected chi connectivity index (χ3v) is 2.72. The molecule has 0 unspecified atom stereocenters. The minimum absolute atomic E-state index is 1.13. The summed E-state index contributed by atoms with van der Waals surface area (Å²) >= 11 is 0. The monoisotopic (exact) mass is 172 g/mol. The van der Waals surface area contributed by atoms with E-state index in [1.807, 2.05) is 0 Å². The Bertz CT molecular complexity index is 321. The molecule has 1 aliphatic carbocycles. The maximum atomic E-state index is 2.29. The molecule has 0 nitrogen and oxygen atoms in total. The van der Waals surface area contributed by atoms with Crippen molar-refractivity contribution in [2.24, 2.45) is 0 Å². The van der Waals surface area contributed by atoms with Crippen LogP contribution in [0.1, 0.15) is 30.0 Å². The van der Waals surface area contributed by atoms with E-state index < -0.39 is 0 Å². The second-order valence-electron chi connectivity index (χ2n) is 3.68. The van der Waals surface area contributed by atoms with Crippen molar-refractivity contribution in [2.75, 3.05) is 0 Å². The van der Waals surface area contributed by atoms with Crippen LogP contribution in [0.3, 0.4) is 0 Å². The van der Waals surface area contributed by atoms with E-state index in [9.17, 15) is 0 Å². The van der Waals surface area contributed by atoms with Crippen LogP contribution in [0.2, 0.25) is 0 Å². The molecule has 68 valence electrons. The maximum Gasteiger partial charge on any atom is -0.00918 e. The first-order valence-electron chi connectivity index (χ1n) is 5.16. The van der Waals surface area contributed by atoms with Crippen LogP contribution in [0.4, 0.5) is 0 Å². The van der Waals surface area contributed by atoms with Crippen LogP contribution in [0, 0.1) is 0 Å². The number of allylic oxidation sites excluding steroid dienone is 2. The number of hydrogen-bond donors (Lipinski definition) is 0. The quantitative estimate of drug-likeness (QED) is 0.600. The zero-order valence-corrected chi connectivity index (χ0v) is 8.22. The molecule has 0 heteroatoms. The largest absolute Gasteiger partial charge is 0.0838 e. The first-order valence-corrected chi connectivity index (χ1v) is 5.16. The molecule has 1 aliphatic rings. The van der Waals surface area contributed by atoms with Crippen LogP contribution in [0.25, 0.3) is 0 Å². The summed E-state index contributed by atoms with van der Waals surface area (Å²) in [5, 5.41) is 0. The van der Waals surface area contributed by atoms with Gasteiger partial charge >= 0.3 is 0 Å². The Balaban J connectivity index is 2.37. The third kappa shape index (κ3) is 1.67. The van der Waals surface area contributed by atoms with Crippen LogP contribution < -0.4 is 0 Å². The van der Waals surface area contributed by atoms with Gasteiger partial charge in [-0.3, -0.25) is 0 Å². The van der Waals surface area contributed by atoms with E-state index in [4.69, 9.17) is 0 Å². The van der Waals surface area contributed by atoms with Gasteiger partial charge in [-0.2, -0.15) is 0 Å². The van der Waals surface area contributed by atoms with Crippen molar-refractivity contribution >= 4 is 0 Å². The van der Waals surface area contributed by atoms with Gasteiger partial charge < -0.3 is 0 Å². The SMILES string of the molecule is CCCc1cccc2c1CC=CC2. The van der Waals surface area contributed by atoms with E-state index in [0.717, 1.165) is 12.8 Å². The molecule has 0 fully saturated rings. The molecule has 0 bridgehead atoms. The predicted molar refractivity (Wildman–Crippen MR) is 57.0 cm³/mol. The lowest BCUT2D eigenvalue weighted by Crippen LogP contribution is -2.01. The predicted octanol–water partition coefficient (Wildman–Crippen LogP) is 3.29. The fourth-order valence-electron chi connectivity index (χ4n) is 2.06. The lowest BCUT2D eigenvalue weighted by atomic mass is 9.91. The first kappa shape index (κ1) is 8.55.